The number of ether oxygens (including phenoxy) is 2. The van der Waals surface area contributed by atoms with E-state index in [9.17, 15) is 8.42 Å². The van der Waals surface area contributed by atoms with Crippen molar-refractivity contribution >= 4 is 27.3 Å². The van der Waals surface area contributed by atoms with E-state index in [1.807, 2.05) is 6.92 Å². The number of hydrogen-bond donors (Lipinski definition) is 1. The van der Waals surface area contributed by atoms with Crippen molar-refractivity contribution in [3.05, 3.63) is 47.0 Å². The lowest BCUT2D eigenvalue weighted by molar-refractivity contribution is 0.297. The molecule has 3 rings (SSSR count). The average Bonchev–Trinajstić information content (AvgIpc) is 2.75. The van der Waals surface area contributed by atoms with Crippen molar-refractivity contribution < 1.29 is 17.9 Å². The van der Waals surface area contributed by atoms with Gasteiger partial charge in [0.05, 0.1) is 23.8 Å². The summed E-state index contributed by atoms with van der Waals surface area (Å²) in [6, 6.07) is 9.63. The third-order valence-electron chi connectivity index (χ3n) is 3.47. The highest BCUT2D eigenvalue weighted by molar-refractivity contribution is 7.92. The first-order chi connectivity index (χ1) is 11.0. The predicted molar refractivity (Wildman–Crippen MR) is 89.0 cm³/mol. The summed E-state index contributed by atoms with van der Waals surface area (Å²) in [5, 5.41) is 0.465. The molecule has 0 aromatic heterocycles. The maximum absolute atomic E-state index is 12.6. The second-order valence-corrected chi connectivity index (χ2v) is 7.34. The van der Waals surface area contributed by atoms with E-state index in [0.29, 0.717) is 35.4 Å². The molecular formula is C16H16ClNO4S. The lowest BCUT2D eigenvalue weighted by Gasteiger charge is -2.13. The molecule has 0 amide bonds. The largest absolute Gasteiger partial charge is 0.490 e. The van der Waals surface area contributed by atoms with E-state index in [-0.39, 0.29) is 4.90 Å². The Labute approximate surface area is 140 Å². The number of aryl methyl sites for hydroxylation is 1. The zero-order valence-electron chi connectivity index (χ0n) is 12.5. The van der Waals surface area contributed by atoms with Crippen LogP contribution >= 0.6 is 11.6 Å². The van der Waals surface area contributed by atoms with Crippen LogP contribution in [0.25, 0.3) is 0 Å². The zero-order chi connectivity index (χ0) is 16.4. The topological polar surface area (TPSA) is 64.6 Å². The number of rotatable bonds is 3. The van der Waals surface area contributed by atoms with Gasteiger partial charge in [-0.05, 0) is 36.8 Å². The number of nitrogens with one attached hydrogen (secondary N) is 1. The van der Waals surface area contributed by atoms with Gasteiger partial charge in [-0.3, -0.25) is 4.72 Å². The van der Waals surface area contributed by atoms with Crippen molar-refractivity contribution in [2.24, 2.45) is 0 Å². The molecule has 5 nitrogen and oxygen atoms in total. The van der Waals surface area contributed by atoms with E-state index in [4.69, 9.17) is 21.1 Å². The fourth-order valence-electron chi connectivity index (χ4n) is 2.22. The van der Waals surface area contributed by atoms with Crippen molar-refractivity contribution in [2.45, 2.75) is 18.2 Å². The number of benzene rings is 2. The second-order valence-electron chi connectivity index (χ2n) is 5.22. The van der Waals surface area contributed by atoms with Crippen molar-refractivity contribution in [1.29, 1.82) is 0 Å². The maximum atomic E-state index is 12.6. The van der Waals surface area contributed by atoms with Gasteiger partial charge >= 0.3 is 0 Å². The van der Waals surface area contributed by atoms with Crippen LogP contribution in [0.3, 0.4) is 0 Å². The van der Waals surface area contributed by atoms with Gasteiger partial charge in [0.15, 0.2) is 11.5 Å². The van der Waals surface area contributed by atoms with Crippen molar-refractivity contribution in [1.82, 2.24) is 0 Å². The summed E-state index contributed by atoms with van der Waals surface area (Å²) in [6.07, 6.45) is 0.761. The lowest BCUT2D eigenvalue weighted by Crippen LogP contribution is -2.14. The minimum absolute atomic E-state index is 0.112. The number of hydrogen-bond acceptors (Lipinski definition) is 4. The van der Waals surface area contributed by atoms with Gasteiger partial charge < -0.3 is 9.47 Å². The minimum atomic E-state index is -3.74. The molecule has 2 aromatic carbocycles. The molecule has 2 aromatic rings. The SMILES string of the molecule is Cc1ccc(Cl)cc1NS(=O)(=O)c1ccc2c(c1)OCCCO2. The van der Waals surface area contributed by atoms with E-state index in [0.717, 1.165) is 12.0 Å². The van der Waals surface area contributed by atoms with Gasteiger partial charge in [-0.1, -0.05) is 17.7 Å². The molecule has 23 heavy (non-hydrogen) atoms. The van der Waals surface area contributed by atoms with Crippen LogP contribution < -0.4 is 14.2 Å². The fourth-order valence-corrected chi connectivity index (χ4v) is 3.53. The van der Waals surface area contributed by atoms with Gasteiger partial charge in [0, 0.05) is 17.5 Å². The smallest absolute Gasteiger partial charge is 0.262 e. The molecule has 1 aliphatic heterocycles. The standard InChI is InChI=1S/C16H16ClNO4S/c1-11-3-4-12(17)9-14(11)18-23(19,20)13-5-6-15-16(10-13)22-8-2-7-21-15/h3-6,9-10,18H,2,7-8H2,1H3. The van der Waals surface area contributed by atoms with Crippen LogP contribution in [0.2, 0.25) is 5.02 Å². The Morgan fingerprint density at radius 1 is 1.04 bits per heavy atom. The molecule has 0 unspecified atom stereocenters. The summed E-state index contributed by atoms with van der Waals surface area (Å²) in [4.78, 5) is 0.112. The summed E-state index contributed by atoms with van der Waals surface area (Å²) >= 11 is 5.93. The van der Waals surface area contributed by atoms with Crippen LogP contribution in [-0.2, 0) is 10.0 Å². The van der Waals surface area contributed by atoms with E-state index in [1.165, 1.54) is 12.1 Å². The predicted octanol–water partition coefficient (Wildman–Crippen LogP) is 3.61. The average molecular weight is 354 g/mol. The minimum Gasteiger partial charge on any atom is -0.490 e. The van der Waals surface area contributed by atoms with E-state index in [1.54, 1.807) is 24.3 Å². The molecule has 7 heteroatoms. The van der Waals surface area contributed by atoms with Crippen molar-refractivity contribution in [2.75, 3.05) is 17.9 Å². The summed E-state index contributed by atoms with van der Waals surface area (Å²) in [5.41, 5.74) is 1.23. The normalized spacial score (nSPS) is 14.2. The van der Waals surface area contributed by atoms with E-state index >= 15 is 0 Å². The summed E-state index contributed by atoms with van der Waals surface area (Å²) < 4.78 is 38.8. The van der Waals surface area contributed by atoms with Crippen molar-refractivity contribution in [3.8, 4) is 11.5 Å². The highest BCUT2D eigenvalue weighted by atomic mass is 35.5. The molecule has 0 atom stereocenters. The number of fused-ring (bicyclic) bond motifs is 1. The molecular weight excluding hydrogens is 338 g/mol. The van der Waals surface area contributed by atoms with Gasteiger partial charge in [-0.15, -0.1) is 0 Å². The van der Waals surface area contributed by atoms with Crippen molar-refractivity contribution in [3.63, 3.8) is 0 Å². The van der Waals surface area contributed by atoms with Crippen LogP contribution in [0.5, 0.6) is 11.5 Å². The second kappa shape index (κ2) is 6.29. The lowest BCUT2D eigenvalue weighted by atomic mass is 10.2. The Balaban J connectivity index is 1.93. The molecule has 122 valence electrons. The van der Waals surface area contributed by atoms with Crippen LogP contribution in [0.1, 0.15) is 12.0 Å². The first kappa shape index (κ1) is 16.0. The first-order valence-electron chi connectivity index (χ1n) is 7.14. The van der Waals surface area contributed by atoms with E-state index in [2.05, 4.69) is 4.72 Å². The van der Waals surface area contributed by atoms with Crippen LogP contribution in [0.4, 0.5) is 5.69 Å². The zero-order valence-corrected chi connectivity index (χ0v) is 14.1. The number of halogens is 1. The van der Waals surface area contributed by atoms with Crippen LogP contribution in [0, 0.1) is 6.92 Å². The number of anilines is 1. The molecule has 1 heterocycles. The highest BCUT2D eigenvalue weighted by Gasteiger charge is 2.19. The maximum Gasteiger partial charge on any atom is 0.262 e. The quantitative estimate of drug-likeness (QED) is 0.915. The molecule has 1 aliphatic rings. The number of sulfonamides is 1. The van der Waals surface area contributed by atoms with Gasteiger partial charge in [-0.2, -0.15) is 0 Å². The molecule has 0 aliphatic carbocycles. The Morgan fingerprint density at radius 3 is 2.57 bits per heavy atom. The third kappa shape index (κ3) is 3.54. The van der Waals surface area contributed by atoms with Gasteiger partial charge in [-0.25, -0.2) is 8.42 Å². The highest BCUT2D eigenvalue weighted by Crippen LogP contribution is 2.33. The Morgan fingerprint density at radius 2 is 1.78 bits per heavy atom. The fraction of sp³-hybridized carbons (Fsp3) is 0.250. The van der Waals surface area contributed by atoms with Crippen LogP contribution in [0.15, 0.2) is 41.3 Å². The van der Waals surface area contributed by atoms with Gasteiger partial charge in [0.1, 0.15) is 0 Å². The Hall–Kier alpha value is -1.92. The van der Waals surface area contributed by atoms with Gasteiger partial charge in [0.2, 0.25) is 0 Å². The third-order valence-corrected chi connectivity index (χ3v) is 5.07. The molecule has 0 saturated heterocycles. The molecule has 0 spiro atoms. The first-order valence-corrected chi connectivity index (χ1v) is 9.00. The molecule has 1 N–H and O–H groups in total. The van der Waals surface area contributed by atoms with E-state index < -0.39 is 10.0 Å². The Kier molecular flexibility index (Phi) is 4.37. The molecule has 0 radical (unpaired) electrons. The monoisotopic (exact) mass is 353 g/mol. The van der Waals surface area contributed by atoms with Gasteiger partial charge in [0.25, 0.3) is 10.0 Å². The molecule has 0 bridgehead atoms. The van der Waals surface area contributed by atoms with Crippen LogP contribution in [-0.4, -0.2) is 21.6 Å². The Bertz CT molecular complexity index is 836. The summed E-state index contributed by atoms with van der Waals surface area (Å²) in [5.74, 6) is 0.994. The molecule has 0 fully saturated rings. The summed E-state index contributed by atoms with van der Waals surface area (Å²) in [6.45, 7) is 2.86. The molecule has 0 saturated carbocycles. The summed E-state index contributed by atoms with van der Waals surface area (Å²) in [7, 11) is -3.74.